The first kappa shape index (κ1) is 14.0. The topological polar surface area (TPSA) is 57.4 Å². The van der Waals surface area contributed by atoms with Crippen molar-refractivity contribution in [1.82, 2.24) is 10.2 Å². The van der Waals surface area contributed by atoms with Crippen LogP contribution in [0.3, 0.4) is 0 Å². The Labute approximate surface area is 122 Å². The van der Waals surface area contributed by atoms with E-state index in [9.17, 15) is 4.39 Å². The van der Waals surface area contributed by atoms with Gasteiger partial charge in [-0.3, -0.25) is 0 Å². The number of nitrogens with zero attached hydrogens (tertiary/aromatic N) is 2. The fourth-order valence-corrected chi connectivity index (χ4v) is 2.43. The van der Waals surface area contributed by atoms with E-state index in [0.717, 1.165) is 25.0 Å². The van der Waals surface area contributed by atoms with Crippen molar-refractivity contribution in [2.45, 2.75) is 25.2 Å². The van der Waals surface area contributed by atoms with Crippen molar-refractivity contribution in [2.75, 3.05) is 20.3 Å². The summed E-state index contributed by atoms with van der Waals surface area (Å²) in [6.45, 7) is 1.42. The number of methoxy groups -OCH3 is 1. The molecular weight excluding hydrogens is 275 g/mol. The van der Waals surface area contributed by atoms with E-state index in [4.69, 9.17) is 13.9 Å². The fraction of sp³-hybridized carbons (Fsp3) is 0.467. The molecule has 0 saturated carbocycles. The summed E-state index contributed by atoms with van der Waals surface area (Å²) in [5.74, 6) is 1.10. The largest absolute Gasteiger partial charge is 0.494 e. The van der Waals surface area contributed by atoms with Gasteiger partial charge in [0.1, 0.15) is 0 Å². The van der Waals surface area contributed by atoms with Crippen LogP contribution in [0.1, 0.15) is 36.1 Å². The third-order valence-electron chi connectivity index (χ3n) is 3.56. The second-order valence-electron chi connectivity index (χ2n) is 5.09. The van der Waals surface area contributed by atoms with Crippen LogP contribution in [0.25, 0.3) is 0 Å². The molecular formula is C15H17FN2O3. The van der Waals surface area contributed by atoms with Crippen LogP contribution >= 0.6 is 0 Å². The summed E-state index contributed by atoms with van der Waals surface area (Å²) in [4.78, 5) is 0. The minimum atomic E-state index is -0.393. The van der Waals surface area contributed by atoms with E-state index >= 15 is 0 Å². The SMILES string of the molecule is COc1ccc(Cc2nnc(C3CCCOC3)o2)cc1F. The Morgan fingerprint density at radius 2 is 2.29 bits per heavy atom. The zero-order valence-corrected chi connectivity index (χ0v) is 11.8. The van der Waals surface area contributed by atoms with Crippen molar-refractivity contribution in [1.29, 1.82) is 0 Å². The summed E-state index contributed by atoms with van der Waals surface area (Å²) in [6.07, 6.45) is 2.41. The molecule has 2 heterocycles. The van der Waals surface area contributed by atoms with Gasteiger partial charge in [-0.25, -0.2) is 4.39 Å². The van der Waals surface area contributed by atoms with E-state index in [0.29, 0.717) is 24.8 Å². The van der Waals surface area contributed by atoms with Crippen molar-refractivity contribution in [3.63, 3.8) is 0 Å². The first-order valence-corrected chi connectivity index (χ1v) is 6.98. The molecule has 0 aliphatic carbocycles. The predicted molar refractivity (Wildman–Crippen MR) is 72.9 cm³/mol. The van der Waals surface area contributed by atoms with Gasteiger partial charge >= 0.3 is 0 Å². The van der Waals surface area contributed by atoms with Crippen LogP contribution in [-0.2, 0) is 11.2 Å². The number of ether oxygens (including phenoxy) is 2. The lowest BCUT2D eigenvalue weighted by Gasteiger charge is -2.18. The average Bonchev–Trinajstić information content (AvgIpc) is 2.97. The predicted octanol–water partition coefficient (Wildman–Crippen LogP) is 2.70. The number of aromatic nitrogens is 2. The molecule has 5 nitrogen and oxygen atoms in total. The molecule has 1 unspecified atom stereocenters. The minimum Gasteiger partial charge on any atom is -0.494 e. The molecule has 1 saturated heterocycles. The molecule has 1 aromatic carbocycles. The Hall–Kier alpha value is -1.95. The normalized spacial score (nSPS) is 18.7. The van der Waals surface area contributed by atoms with E-state index in [1.165, 1.54) is 13.2 Å². The molecule has 0 radical (unpaired) electrons. The smallest absolute Gasteiger partial charge is 0.221 e. The molecule has 0 amide bonds. The highest BCUT2D eigenvalue weighted by molar-refractivity contribution is 5.30. The molecule has 0 bridgehead atoms. The Balaban J connectivity index is 1.70. The Bertz CT molecular complexity index is 609. The third kappa shape index (κ3) is 3.21. The summed E-state index contributed by atoms with van der Waals surface area (Å²) in [6, 6.07) is 4.80. The van der Waals surface area contributed by atoms with Crippen molar-refractivity contribution >= 4 is 0 Å². The second-order valence-corrected chi connectivity index (χ2v) is 5.09. The lowest BCUT2D eigenvalue weighted by atomic mass is 10.0. The first-order chi connectivity index (χ1) is 10.3. The number of halogens is 1. The van der Waals surface area contributed by atoms with Gasteiger partial charge < -0.3 is 13.9 Å². The van der Waals surface area contributed by atoms with Crippen LogP contribution in [-0.4, -0.2) is 30.5 Å². The number of hydrogen-bond donors (Lipinski definition) is 0. The zero-order chi connectivity index (χ0) is 14.7. The van der Waals surface area contributed by atoms with Crippen LogP contribution in [0.5, 0.6) is 5.75 Å². The van der Waals surface area contributed by atoms with Gasteiger partial charge in [-0.1, -0.05) is 6.07 Å². The van der Waals surface area contributed by atoms with E-state index in [1.807, 2.05) is 0 Å². The van der Waals surface area contributed by atoms with Crippen molar-refractivity contribution in [3.05, 3.63) is 41.4 Å². The number of rotatable bonds is 4. The van der Waals surface area contributed by atoms with Crippen LogP contribution in [0.15, 0.2) is 22.6 Å². The maximum atomic E-state index is 13.6. The molecule has 0 spiro atoms. The minimum absolute atomic E-state index is 0.174. The summed E-state index contributed by atoms with van der Waals surface area (Å²) >= 11 is 0. The lowest BCUT2D eigenvalue weighted by Crippen LogP contribution is -2.15. The summed E-state index contributed by atoms with van der Waals surface area (Å²) in [5, 5.41) is 8.11. The first-order valence-electron chi connectivity index (χ1n) is 6.98. The maximum Gasteiger partial charge on any atom is 0.221 e. The lowest BCUT2D eigenvalue weighted by molar-refractivity contribution is 0.0722. The second kappa shape index (κ2) is 6.22. The zero-order valence-electron chi connectivity index (χ0n) is 11.8. The number of hydrogen-bond acceptors (Lipinski definition) is 5. The highest BCUT2D eigenvalue weighted by Crippen LogP contribution is 2.25. The summed E-state index contributed by atoms with van der Waals surface area (Å²) in [7, 11) is 1.44. The molecule has 2 aromatic rings. The molecule has 1 aliphatic heterocycles. The van der Waals surface area contributed by atoms with Crippen molar-refractivity contribution < 1.29 is 18.3 Å². The fourth-order valence-electron chi connectivity index (χ4n) is 2.43. The summed E-state index contributed by atoms with van der Waals surface area (Å²) < 4.78 is 29.6. The highest BCUT2D eigenvalue weighted by atomic mass is 19.1. The molecule has 0 N–H and O–H groups in total. The summed E-state index contributed by atoms with van der Waals surface area (Å²) in [5.41, 5.74) is 0.767. The van der Waals surface area contributed by atoms with Crippen molar-refractivity contribution in [2.24, 2.45) is 0 Å². The van der Waals surface area contributed by atoms with Gasteiger partial charge in [-0.2, -0.15) is 0 Å². The molecule has 1 atom stereocenters. The van der Waals surface area contributed by atoms with Gasteiger partial charge in [0.2, 0.25) is 11.8 Å². The van der Waals surface area contributed by atoms with E-state index < -0.39 is 5.82 Å². The van der Waals surface area contributed by atoms with Crippen LogP contribution in [0.4, 0.5) is 4.39 Å². The average molecular weight is 292 g/mol. The molecule has 1 aromatic heterocycles. The van der Waals surface area contributed by atoms with Gasteiger partial charge in [0, 0.05) is 6.61 Å². The quantitative estimate of drug-likeness (QED) is 0.867. The maximum absolute atomic E-state index is 13.6. The van der Waals surface area contributed by atoms with Gasteiger partial charge in [0.15, 0.2) is 11.6 Å². The van der Waals surface area contributed by atoms with E-state index in [-0.39, 0.29) is 11.7 Å². The van der Waals surface area contributed by atoms with Gasteiger partial charge in [0.25, 0.3) is 0 Å². The van der Waals surface area contributed by atoms with Crippen LogP contribution in [0, 0.1) is 5.82 Å². The Morgan fingerprint density at radius 3 is 3.00 bits per heavy atom. The standard InChI is InChI=1S/C15H17FN2O3/c1-19-13-5-4-10(7-12(13)16)8-14-17-18-15(21-14)11-3-2-6-20-9-11/h4-5,7,11H,2-3,6,8-9H2,1H3. The number of benzene rings is 1. The van der Waals surface area contributed by atoms with Gasteiger partial charge in [-0.05, 0) is 30.5 Å². The van der Waals surface area contributed by atoms with Gasteiger partial charge in [0.05, 0.1) is 26.1 Å². The molecule has 1 fully saturated rings. The van der Waals surface area contributed by atoms with E-state index in [1.54, 1.807) is 12.1 Å². The molecule has 112 valence electrons. The molecule has 6 heteroatoms. The monoisotopic (exact) mass is 292 g/mol. The highest BCUT2D eigenvalue weighted by Gasteiger charge is 2.22. The molecule has 3 rings (SSSR count). The molecule has 21 heavy (non-hydrogen) atoms. The Kier molecular flexibility index (Phi) is 4.15. The van der Waals surface area contributed by atoms with Gasteiger partial charge in [-0.15, -0.1) is 10.2 Å². The van der Waals surface area contributed by atoms with Crippen LogP contribution < -0.4 is 4.74 Å². The Morgan fingerprint density at radius 1 is 1.38 bits per heavy atom. The molecule has 1 aliphatic rings. The van der Waals surface area contributed by atoms with E-state index in [2.05, 4.69) is 10.2 Å². The third-order valence-corrected chi connectivity index (χ3v) is 3.56. The van der Waals surface area contributed by atoms with Crippen LogP contribution in [0.2, 0.25) is 0 Å². The van der Waals surface area contributed by atoms with Crippen molar-refractivity contribution in [3.8, 4) is 5.75 Å².